The average molecular weight is 280 g/mol. The Labute approximate surface area is 125 Å². The van der Waals surface area contributed by atoms with Crippen LogP contribution in [0.1, 0.15) is 29.2 Å². The number of fused-ring (bicyclic) bond motifs is 1. The van der Waals surface area contributed by atoms with Crippen LogP contribution in [0.25, 0.3) is 0 Å². The van der Waals surface area contributed by atoms with Gasteiger partial charge in [-0.3, -0.25) is 4.79 Å². The molecule has 0 radical (unpaired) electrons. The van der Waals surface area contributed by atoms with E-state index in [0.29, 0.717) is 6.54 Å². The van der Waals surface area contributed by atoms with E-state index >= 15 is 0 Å². The van der Waals surface area contributed by atoms with Gasteiger partial charge in [-0.15, -0.1) is 0 Å². The molecule has 1 atom stereocenters. The summed E-state index contributed by atoms with van der Waals surface area (Å²) in [6.07, 6.45) is 2.02. The summed E-state index contributed by atoms with van der Waals surface area (Å²) in [5.41, 5.74) is 9.61. The highest BCUT2D eigenvalue weighted by molar-refractivity contribution is 5.83. The van der Waals surface area contributed by atoms with Crippen molar-refractivity contribution in [2.45, 2.75) is 25.4 Å². The van der Waals surface area contributed by atoms with Gasteiger partial charge in [0.05, 0.1) is 0 Å². The van der Waals surface area contributed by atoms with Crippen LogP contribution in [0.15, 0.2) is 54.6 Å². The number of benzene rings is 2. The van der Waals surface area contributed by atoms with Gasteiger partial charge < -0.3 is 10.6 Å². The molecular formula is C18H20N2O. The quantitative estimate of drug-likeness (QED) is 0.919. The lowest BCUT2D eigenvalue weighted by Gasteiger charge is -2.24. The number of hydrogen-bond acceptors (Lipinski definition) is 2. The monoisotopic (exact) mass is 280 g/mol. The summed E-state index contributed by atoms with van der Waals surface area (Å²) < 4.78 is 0. The molecule has 21 heavy (non-hydrogen) atoms. The fourth-order valence-corrected chi connectivity index (χ4v) is 2.89. The molecule has 1 aliphatic rings. The van der Waals surface area contributed by atoms with Crippen molar-refractivity contribution >= 4 is 5.91 Å². The van der Waals surface area contributed by atoms with Gasteiger partial charge in [-0.2, -0.15) is 0 Å². The number of rotatable bonds is 2. The van der Waals surface area contributed by atoms with E-state index < -0.39 is 6.04 Å². The Morgan fingerprint density at radius 1 is 1.00 bits per heavy atom. The van der Waals surface area contributed by atoms with Gasteiger partial charge in [0.15, 0.2) is 0 Å². The Bertz CT molecular complexity index is 624. The summed E-state index contributed by atoms with van der Waals surface area (Å²) in [6.45, 7) is 1.43. The number of amides is 1. The molecule has 2 N–H and O–H groups in total. The number of carbonyl (C=O) groups is 1. The van der Waals surface area contributed by atoms with Gasteiger partial charge in [0.25, 0.3) is 0 Å². The topological polar surface area (TPSA) is 46.3 Å². The molecule has 2 aromatic carbocycles. The van der Waals surface area contributed by atoms with Crippen LogP contribution in [-0.4, -0.2) is 17.4 Å². The van der Waals surface area contributed by atoms with E-state index in [0.717, 1.165) is 24.9 Å². The van der Waals surface area contributed by atoms with Crippen LogP contribution in [0.5, 0.6) is 0 Å². The SMILES string of the molecule is N[C@@H](C(=O)N1CCCc2ccccc2C1)c1ccccc1. The normalized spacial score (nSPS) is 16.0. The second-order valence-corrected chi connectivity index (χ2v) is 5.52. The lowest BCUT2D eigenvalue weighted by atomic mass is 10.0. The van der Waals surface area contributed by atoms with Crippen molar-refractivity contribution in [1.82, 2.24) is 4.90 Å². The minimum absolute atomic E-state index is 0.0119. The number of nitrogens with zero attached hydrogens (tertiary/aromatic N) is 1. The molecule has 2 aromatic rings. The largest absolute Gasteiger partial charge is 0.337 e. The maximum Gasteiger partial charge on any atom is 0.244 e. The molecule has 1 heterocycles. The highest BCUT2D eigenvalue weighted by atomic mass is 16.2. The molecule has 0 bridgehead atoms. The summed E-state index contributed by atoms with van der Waals surface area (Å²) in [5.74, 6) is 0.0119. The first-order chi connectivity index (χ1) is 10.3. The van der Waals surface area contributed by atoms with Gasteiger partial charge in [0.1, 0.15) is 6.04 Å². The number of nitrogens with two attached hydrogens (primary N) is 1. The first-order valence-corrected chi connectivity index (χ1v) is 7.42. The Kier molecular flexibility index (Phi) is 4.02. The van der Waals surface area contributed by atoms with Crippen molar-refractivity contribution < 1.29 is 4.79 Å². The van der Waals surface area contributed by atoms with E-state index in [2.05, 4.69) is 18.2 Å². The van der Waals surface area contributed by atoms with Crippen molar-refractivity contribution in [1.29, 1.82) is 0 Å². The summed E-state index contributed by atoms with van der Waals surface area (Å²) in [4.78, 5) is 14.6. The molecule has 0 fully saturated rings. The van der Waals surface area contributed by atoms with Crippen LogP contribution in [0.3, 0.4) is 0 Å². The minimum atomic E-state index is -0.573. The number of aryl methyl sites for hydroxylation is 1. The molecule has 1 amide bonds. The highest BCUT2D eigenvalue weighted by Gasteiger charge is 2.24. The van der Waals surface area contributed by atoms with E-state index in [-0.39, 0.29) is 5.91 Å². The standard InChI is InChI=1S/C18H20N2O/c19-17(15-8-2-1-3-9-15)18(21)20-12-6-11-14-7-4-5-10-16(14)13-20/h1-5,7-10,17H,6,11-13,19H2/t17-/m1/s1. The lowest BCUT2D eigenvalue weighted by Crippen LogP contribution is -2.38. The molecule has 0 saturated heterocycles. The summed E-state index contributed by atoms with van der Waals surface area (Å²) >= 11 is 0. The molecule has 0 spiro atoms. The number of hydrogen-bond donors (Lipinski definition) is 1. The molecule has 1 aliphatic heterocycles. The Morgan fingerprint density at radius 3 is 2.43 bits per heavy atom. The Hall–Kier alpha value is -2.13. The molecule has 0 aromatic heterocycles. The van der Waals surface area contributed by atoms with Crippen LogP contribution < -0.4 is 5.73 Å². The fraction of sp³-hybridized carbons (Fsp3) is 0.278. The molecule has 3 nitrogen and oxygen atoms in total. The van der Waals surface area contributed by atoms with Crippen LogP contribution >= 0.6 is 0 Å². The summed E-state index contributed by atoms with van der Waals surface area (Å²) in [5, 5.41) is 0. The van der Waals surface area contributed by atoms with E-state index in [4.69, 9.17) is 5.73 Å². The molecule has 0 saturated carbocycles. The molecule has 0 unspecified atom stereocenters. The lowest BCUT2D eigenvalue weighted by molar-refractivity contribution is -0.133. The van der Waals surface area contributed by atoms with Gasteiger partial charge >= 0.3 is 0 Å². The van der Waals surface area contributed by atoms with Crippen molar-refractivity contribution in [2.75, 3.05) is 6.54 Å². The maximum atomic E-state index is 12.7. The predicted molar refractivity (Wildman–Crippen MR) is 83.6 cm³/mol. The van der Waals surface area contributed by atoms with Gasteiger partial charge in [0, 0.05) is 13.1 Å². The van der Waals surface area contributed by atoms with Crippen molar-refractivity contribution in [3.63, 3.8) is 0 Å². The average Bonchev–Trinajstić information content (AvgIpc) is 2.76. The van der Waals surface area contributed by atoms with Gasteiger partial charge in [-0.1, -0.05) is 54.6 Å². The first-order valence-electron chi connectivity index (χ1n) is 7.42. The van der Waals surface area contributed by atoms with Crippen LogP contribution in [0, 0.1) is 0 Å². The third-order valence-corrected chi connectivity index (χ3v) is 4.09. The van der Waals surface area contributed by atoms with E-state index in [1.165, 1.54) is 11.1 Å². The minimum Gasteiger partial charge on any atom is -0.337 e. The third kappa shape index (κ3) is 2.98. The first kappa shape index (κ1) is 13.8. The molecular weight excluding hydrogens is 260 g/mol. The zero-order valence-electron chi connectivity index (χ0n) is 12.0. The second-order valence-electron chi connectivity index (χ2n) is 5.52. The smallest absolute Gasteiger partial charge is 0.244 e. The van der Waals surface area contributed by atoms with E-state index in [9.17, 15) is 4.79 Å². The second kappa shape index (κ2) is 6.10. The Morgan fingerprint density at radius 2 is 1.67 bits per heavy atom. The van der Waals surface area contributed by atoms with E-state index in [1.807, 2.05) is 41.3 Å². The number of carbonyl (C=O) groups excluding carboxylic acids is 1. The summed E-state index contributed by atoms with van der Waals surface area (Å²) in [6, 6.07) is 17.4. The van der Waals surface area contributed by atoms with Crippen LogP contribution in [0.4, 0.5) is 0 Å². The predicted octanol–water partition coefficient (Wildman–Crippen LogP) is 2.66. The van der Waals surface area contributed by atoms with Gasteiger partial charge in [0.2, 0.25) is 5.91 Å². The van der Waals surface area contributed by atoms with Crippen molar-refractivity contribution in [3.05, 3.63) is 71.3 Å². The maximum absolute atomic E-state index is 12.7. The van der Waals surface area contributed by atoms with Crippen LogP contribution in [0.2, 0.25) is 0 Å². The molecule has 0 aliphatic carbocycles. The molecule has 3 rings (SSSR count). The third-order valence-electron chi connectivity index (χ3n) is 4.09. The zero-order valence-corrected chi connectivity index (χ0v) is 12.0. The van der Waals surface area contributed by atoms with Crippen molar-refractivity contribution in [3.8, 4) is 0 Å². The molecule has 108 valence electrons. The Balaban J connectivity index is 1.79. The highest BCUT2D eigenvalue weighted by Crippen LogP contribution is 2.21. The summed E-state index contributed by atoms with van der Waals surface area (Å²) in [7, 11) is 0. The zero-order chi connectivity index (χ0) is 14.7. The van der Waals surface area contributed by atoms with Gasteiger partial charge in [-0.05, 0) is 29.5 Å². The van der Waals surface area contributed by atoms with Gasteiger partial charge in [-0.25, -0.2) is 0 Å². The van der Waals surface area contributed by atoms with E-state index in [1.54, 1.807) is 0 Å². The van der Waals surface area contributed by atoms with Crippen molar-refractivity contribution in [2.24, 2.45) is 5.73 Å². The van der Waals surface area contributed by atoms with Crippen LogP contribution in [-0.2, 0) is 17.8 Å². The molecule has 3 heteroatoms. The fourth-order valence-electron chi connectivity index (χ4n) is 2.89.